The Labute approximate surface area is 138 Å². The minimum Gasteiger partial charge on any atom is -0.486 e. The van der Waals surface area contributed by atoms with Crippen molar-refractivity contribution in [1.29, 1.82) is 0 Å². The van der Waals surface area contributed by atoms with E-state index < -0.39 is 0 Å². The van der Waals surface area contributed by atoms with Crippen molar-refractivity contribution in [1.82, 2.24) is 0 Å². The zero-order valence-corrected chi connectivity index (χ0v) is 13.4. The molecule has 0 aliphatic carbocycles. The van der Waals surface area contributed by atoms with Gasteiger partial charge in [0.05, 0.1) is 5.75 Å². The van der Waals surface area contributed by atoms with E-state index in [1.807, 2.05) is 18.2 Å². The zero-order chi connectivity index (χ0) is 16.2. The van der Waals surface area contributed by atoms with Gasteiger partial charge in [-0.15, -0.1) is 11.8 Å². The Balaban J connectivity index is 1.58. The molecule has 1 N–H and O–H groups in total. The number of halogens is 1. The summed E-state index contributed by atoms with van der Waals surface area (Å²) >= 11 is 1.41. The van der Waals surface area contributed by atoms with E-state index in [0.717, 1.165) is 10.6 Å². The van der Waals surface area contributed by atoms with Gasteiger partial charge in [0.2, 0.25) is 5.91 Å². The predicted octanol–water partition coefficient (Wildman–Crippen LogP) is 3.64. The minimum atomic E-state index is -0.314. The average molecular weight is 333 g/mol. The van der Waals surface area contributed by atoms with Crippen LogP contribution in [0.3, 0.4) is 0 Å². The molecule has 4 nitrogen and oxygen atoms in total. The highest BCUT2D eigenvalue weighted by atomic mass is 32.2. The maximum atomic E-state index is 13.1. The van der Waals surface area contributed by atoms with Crippen molar-refractivity contribution in [3.05, 3.63) is 47.8 Å². The third-order valence-corrected chi connectivity index (χ3v) is 4.34. The second-order valence-corrected chi connectivity index (χ2v) is 6.15. The number of hydrogen-bond acceptors (Lipinski definition) is 4. The van der Waals surface area contributed by atoms with Crippen LogP contribution in [0.1, 0.15) is 5.56 Å². The van der Waals surface area contributed by atoms with E-state index in [1.54, 1.807) is 13.0 Å². The number of carbonyl (C=O) groups is 1. The van der Waals surface area contributed by atoms with Gasteiger partial charge >= 0.3 is 0 Å². The summed E-state index contributed by atoms with van der Waals surface area (Å²) in [6.07, 6.45) is 0. The molecule has 3 rings (SSSR count). The molecule has 0 atom stereocenters. The Bertz CT molecular complexity index is 736. The molecule has 1 heterocycles. The molecule has 0 saturated carbocycles. The molecule has 0 radical (unpaired) electrons. The highest BCUT2D eigenvalue weighted by Gasteiger charge is 2.13. The van der Waals surface area contributed by atoms with Crippen molar-refractivity contribution in [2.75, 3.05) is 24.3 Å². The van der Waals surface area contributed by atoms with Crippen molar-refractivity contribution in [3.8, 4) is 11.5 Å². The molecule has 0 fully saturated rings. The molecule has 120 valence electrons. The largest absolute Gasteiger partial charge is 0.486 e. The molecule has 0 aromatic heterocycles. The summed E-state index contributed by atoms with van der Waals surface area (Å²) in [6.45, 7) is 2.84. The Morgan fingerprint density at radius 2 is 1.96 bits per heavy atom. The van der Waals surface area contributed by atoms with E-state index in [-0.39, 0.29) is 17.5 Å². The van der Waals surface area contributed by atoms with Crippen LogP contribution in [0.15, 0.2) is 41.3 Å². The van der Waals surface area contributed by atoms with E-state index in [9.17, 15) is 9.18 Å². The van der Waals surface area contributed by atoms with Gasteiger partial charge in [-0.3, -0.25) is 4.79 Å². The summed E-state index contributed by atoms with van der Waals surface area (Å²) in [5.74, 6) is 1.24. The maximum absolute atomic E-state index is 13.1. The molecule has 0 saturated heterocycles. The second kappa shape index (κ2) is 6.91. The van der Waals surface area contributed by atoms with Crippen LogP contribution in [0.4, 0.5) is 10.1 Å². The van der Waals surface area contributed by atoms with Crippen molar-refractivity contribution in [2.45, 2.75) is 11.8 Å². The number of carbonyl (C=O) groups excluding carboxylic acids is 1. The summed E-state index contributed by atoms with van der Waals surface area (Å²) in [4.78, 5) is 13.0. The first kappa shape index (κ1) is 15.7. The molecule has 0 unspecified atom stereocenters. The Morgan fingerprint density at radius 1 is 1.17 bits per heavy atom. The smallest absolute Gasteiger partial charge is 0.234 e. The van der Waals surface area contributed by atoms with E-state index in [4.69, 9.17) is 9.47 Å². The van der Waals surface area contributed by atoms with Crippen LogP contribution in [-0.4, -0.2) is 24.9 Å². The molecular weight excluding hydrogens is 317 g/mol. The normalized spacial score (nSPS) is 12.8. The molecule has 23 heavy (non-hydrogen) atoms. The number of ether oxygens (including phenoxy) is 2. The van der Waals surface area contributed by atoms with Gasteiger partial charge in [0, 0.05) is 10.6 Å². The number of rotatable bonds is 4. The summed E-state index contributed by atoms with van der Waals surface area (Å²) in [6, 6.07) is 9.90. The topological polar surface area (TPSA) is 47.6 Å². The SMILES string of the molecule is Cc1cc(F)ccc1NC(=O)CSc1ccc2c(c1)OCCO2. The van der Waals surface area contributed by atoms with E-state index in [1.165, 1.54) is 23.9 Å². The van der Waals surface area contributed by atoms with Crippen LogP contribution in [0.25, 0.3) is 0 Å². The number of hydrogen-bond donors (Lipinski definition) is 1. The van der Waals surface area contributed by atoms with E-state index in [2.05, 4.69) is 5.32 Å². The quantitative estimate of drug-likeness (QED) is 0.868. The summed E-state index contributed by atoms with van der Waals surface area (Å²) in [5, 5.41) is 2.79. The predicted molar refractivity (Wildman–Crippen MR) is 87.9 cm³/mol. The fourth-order valence-electron chi connectivity index (χ4n) is 2.22. The van der Waals surface area contributed by atoms with Crippen molar-refractivity contribution >= 4 is 23.4 Å². The zero-order valence-electron chi connectivity index (χ0n) is 12.6. The summed E-state index contributed by atoms with van der Waals surface area (Å²) in [7, 11) is 0. The molecule has 1 amide bonds. The number of nitrogens with one attached hydrogen (secondary N) is 1. The monoisotopic (exact) mass is 333 g/mol. The lowest BCUT2D eigenvalue weighted by Crippen LogP contribution is -2.16. The van der Waals surface area contributed by atoms with Crippen molar-refractivity contribution < 1.29 is 18.7 Å². The number of benzene rings is 2. The fraction of sp³-hybridized carbons (Fsp3) is 0.235. The standard InChI is InChI=1S/C17H16FNO3S/c1-11-8-12(18)2-4-14(11)19-17(20)10-23-13-3-5-15-16(9-13)22-7-6-21-15/h2-5,8-9H,6-7,10H2,1H3,(H,19,20). The van der Waals surface area contributed by atoms with Crippen LogP contribution in [-0.2, 0) is 4.79 Å². The molecule has 2 aromatic rings. The molecule has 2 aromatic carbocycles. The summed E-state index contributed by atoms with van der Waals surface area (Å²) in [5.41, 5.74) is 1.32. The molecule has 6 heteroatoms. The lowest BCUT2D eigenvalue weighted by Gasteiger charge is -2.18. The lowest BCUT2D eigenvalue weighted by molar-refractivity contribution is -0.113. The number of anilines is 1. The first-order valence-corrected chi connectivity index (χ1v) is 8.19. The van der Waals surface area contributed by atoms with E-state index >= 15 is 0 Å². The van der Waals surface area contributed by atoms with Gasteiger partial charge in [0.1, 0.15) is 19.0 Å². The van der Waals surface area contributed by atoms with Gasteiger partial charge < -0.3 is 14.8 Å². The van der Waals surface area contributed by atoms with Crippen LogP contribution >= 0.6 is 11.8 Å². The lowest BCUT2D eigenvalue weighted by atomic mass is 10.2. The Hall–Kier alpha value is -2.21. The summed E-state index contributed by atoms with van der Waals surface area (Å²) < 4.78 is 24.0. The number of thioether (sulfide) groups is 1. The Morgan fingerprint density at radius 3 is 2.74 bits per heavy atom. The molecular formula is C17H16FNO3S. The number of fused-ring (bicyclic) bond motifs is 1. The first-order chi connectivity index (χ1) is 11.1. The second-order valence-electron chi connectivity index (χ2n) is 5.10. The molecule has 0 bridgehead atoms. The Kier molecular flexibility index (Phi) is 4.71. The van der Waals surface area contributed by atoms with Crippen LogP contribution < -0.4 is 14.8 Å². The highest BCUT2D eigenvalue weighted by molar-refractivity contribution is 8.00. The number of aryl methyl sites for hydroxylation is 1. The maximum Gasteiger partial charge on any atom is 0.234 e. The van der Waals surface area contributed by atoms with Crippen LogP contribution in [0.5, 0.6) is 11.5 Å². The number of amides is 1. The van der Waals surface area contributed by atoms with Crippen LogP contribution in [0, 0.1) is 12.7 Å². The van der Waals surface area contributed by atoms with Crippen molar-refractivity contribution in [3.63, 3.8) is 0 Å². The third kappa shape index (κ3) is 3.96. The third-order valence-electron chi connectivity index (χ3n) is 3.35. The molecule has 1 aliphatic rings. The molecule has 0 spiro atoms. The minimum absolute atomic E-state index is 0.139. The molecule has 1 aliphatic heterocycles. The highest BCUT2D eigenvalue weighted by Crippen LogP contribution is 2.34. The average Bonchev–Trinajstić information content (AvgIpc) is 2.55. The van der Waals surface area contributed by atoms with E-state index in [0.29, 0.717) is 30.2 Å². The fourth-order valence-corrected chi connectivity index (χ4v) is 2.94. The van der Waals surface area contributed by atoms with Crippen LogP contribution in [0.2, 0.25) is 0 Å². The van der Waals surface area contributed by atoms with Gasteiger partial charge in [-0.25, -0.2) is 4.39 Å². The van der Waals surface area contributed by atoms with Gasteiger partial charge in [-0.05, 0) is 48.9 Å². The van der Waals surface area contributed by atoms with Gasteiger partial charge in [-0.2, -0.15) is 0 Å². The van der Waals surface area contributed by atoms with Gasteiger partial charge in [0.15, 0.2) is 11.5 Å². The van der Waals surface area contributed by atoms with Gasteiger partial charge in [-0.1, -0.05) is 0 Å². The van der Waals surface area contributed by atoms with Gasteiger partial charge in [0.25, 0.3) is 0 Å². The van der Waals surface area contributed by atoms with Crippen molar-refractivity contribution in [2.24, 2.45) is 0 Å². The first-order valence-electron chi connectivity index (χ1n) is 7.20.